The van der Waals surface area contributed by atoms with Crippen molar-refractivity contribution in [3.05, 3.63) is 64.5 Å². The normalized spacial score (nSPS) is 12.5. The molecule has 4 aromatic rings. The van der Waals surface area contributed by atoms with E-state index < -0.39 is 6.10 Å². The van der Waals surface area contributed by atoms with Gasteiger partial charge in [0.05, 0.1) is 16.3 Å². The van der Waals surface area contributed by atoms with Crippen molar-refractivity contribution in [1.82, 2.24) is 10.3 Å². The number of carbonyl (C=O) groups is 1. The van der Waals surface area contributed by atoms with Gasteiger partial charge in [-0.25, -0.2) is 4.98 Å². The molecule has 24 heavy (non-hydrogen) atoms. The van der Waals surface area contributed by atoms with Crippen molar-refractivity contribution in [3.8, 4) is 0 Å². The Kier molecular flexibility index (Phi) is 4.02. The molecule has 2 aromatic carbocycles. The summed E-state index contributed by atoms with van der Waals surface area (Å²) in [5, 5.41) is 16.6. The first-order chi connectivity index (χ1) is 11.7. The number of nitrogens with one attached hydrogen (secondary N) is 1. The molecule has 2 aromatic heterocycles. The smallest absolute Gasteiger partial charge is 0.280 e. The predicted molar refractivity (Wildman–Crippen MR) is 98.7 cm³/mol. The number of hydrogen-bond acceptors (Lipinski definition) is 5. The number of carbonyl (C=O) groups excluding carboxylic acids is 1. The second kappa shape index (κ2) is 6.32. The number of fused-ring (bicyclic) bond motifs is 2. The third kappa shape index (κ3) is 2.80. The van der Waals surface area contributed by atoms with Gasteiger partial charge in [-0.1, -0.05) is 30.3 Å². The van der Waals surface area contributed by atoms with Crippen molar-refractivity contribution in [3.63, 3.8) is 0 Å². The molecule has 2 N–H and O–H groups in total. The van der Waals surface area contributed by atoms with Gasteiger partial charge in [0.2, 0.25) is 0 Å². The summed E-state index contributed by atoms with van der Waals surface area (Å²) >= 11 is 2.95. The van der Waals surface area contributed by atoms with E-state index in [0.717, 1.165) is 25.9 Å². The molecule has 0 aliphatic carbocycles. The average molecular weight is 354 g/mol. The van der Waals surface area contributed by atoms with Gasteiger partial charge in [-0.05, 0) is 29.0 Å². The highest BCUT2D eigenvalue weighted by atomic mass is 32.1. The number of aromatic nitrogens is 1. The lowest BCUT2D eigenvalue weighted by Crippen LogP contribution is -2.28. The van der Waals surface area contributed by atoms with Gasteiger partial charge in [-0.15, -0.1) is 22.7 Å². The fourth-order valence-electron chi connectivity index (χ4n) is 2.60. The molecule has 1 atom stereocenters. The molecule has 0 saturated carbocycles. The largest absolute Gasteiger partial charge is 0.387 e. The Morgan fingerprint density at radius 1 is 1.12 bits per heavy atom. The van der Waals surface area contributed by atoms with Crippen LogP contribution in [0.1, 0.15) is 21.5 Å². The van der Waals surface area contributed by atoms with Gasteiger partial charge in [-0.3, -0.25) is 4.79 Å². The molecular weight excluding hydrogens is 340 g/mol. The maximum Gasteiger partial charge on any atom is 0.280 e. The second-order valence-electron chi connectivity index (χ2n) is 5.40. The Morgan fingerprint density at radius 3 is 2.71 bits per heavy atom. The molecular formula is C18H14N2O2S2. The molecule has 0 radical (unpaired) electrons. The fourth-order valence-corrected chi connectivity index (χ4v) is 4.49. The highest BCUT2D eigenvalue weighted by molar-refractivity contribution is 7.20. The third-order valence-electron chi connectivity index (χ3n) is 3.81. The van der Waals surface area contributed by atoms with E-state index in [0.29, 0.717) is 5.01 Å². The van der Waals surface area contributed by atoms with Gasteiger partial charge in [0, 0.05) is 16.8 Å². The SMILES string of the molecule is O=C(NC[C@H](O)c1csc2ccccc12)c1nc2ccccc2s1. The summed E-state index contributed by atoms with van der Waals surface area (Å²) in [6.07, 6.45) is -0.737. The Balaban J connectivity index is 1.48. The van der Waals surface area contributed by atoms with Crippen LogP contribution in [0.4, 0.5) is 0 Å². The first-order valence-electron chi connectivity index (χ1n) is 7.50. The summed E-state index contributed by atoms with van der Waals surface area (Å²) in [6.45, 7) is 0.162. The lowest BCUT2D eigenvalue weighted by molar-refractivity contribution is 0.0917. The number of thiazole rings is 1. The number of amides is 1. The van der Waals surface area contributed by atoms with Gasteiger partial charge in [0.15, 0.2) is 5.01 Å². The van der Waals surface area contributed by atoms with E-state index in [1.165, 1.54) is 11.3 Å². The summed E-state index contributed by atoms with van der Waals surface area (Å²) in [4.78, 5) is 16.6. The zero-order valence-corrected chi connectivity index (χ0v) is 14.2. The molecule has 1 amide bonds. The first-order valence-corrected chi connectivity index (χ1v) is 9.20. The van der Waals surface area contributed by atoms with Gasteiger partial charge in [0.25, 0.3) is 5.91 Å². The van der Waals surface area contributed by atoms with Crippen LogP contribution in [0, 0.1) is 0 Å². The summed E-state index contributed by atoms with van der Waals surface area (Å²) < 4.78 is 2.11. The molecule has 120 valence electrons. The molecule has 4 nitrogen and oxygen atoms in total. The van der Waals surface area contributed by atoms with Crippen molar-refractivity contribution in [1.29, 1.82) is 0 Å². The van der Waals surface area contributed by atoms with E-state index in [1.807, 2.05) is 53.9 Å². The molecule has 6 heteroatoms. The van der Waals surface area contributed by atoms with Crippen LogP contribution in [0.25, 0.3) is 20.3 Å². The highest BCUT2D eigenvalue weighted by Crippen LogP contribution is 2.30. The second-order valence-corrected chi connectivity index (χ2v) is 7.34. The number of aliphatic hydroxyl groups excluding tert-OH is 1. The molecule has 0 aliphatic heterocycles. The Bertz CT molecular complexity index is 989. The number of thiophene rings is 1. The number of nitrogens with zero attached hydrogens (tertiary/aromatic N) is 1. The molecule has 0 aliphatic rings. The monoisotopic (exact) mass is 354 g/mol. The molecule has 4 rings (SSSR count). The lowest BCUT2D eigenvalue weighted by atomic mass is 10.1. The van der Waals surface area contributed by atoms with E-state index in [1.54, 1.807) is 11.3 Å². The van der Waals surface area contributed by atoms with Gasteiger partial charge in [0.1, 0.15) is 0 Å². The van der Waals surface area contributed by atoms with Crippen molar-refractivity contribution >= 4 is 48.9 Å². The minimum atomic E-state index is -0.737. The lowest BCUT2D eigenvalue weighted by Gasteiger charge is -2.10. The molecule has 0 spiro atoms. The molecule has 0 saturated heterocycles. The van der Waals surface area contributed by atoms with Gasteiger partial charge < -0.3 is 10.4 Å². The van der Waals surface area contributed by atoms with Crippen LogP contribution in [0.2, 0.25) is 0 Å². The summed E-state index contributed by atoms with van der Waals surface area (Å²) in [7, 11) is 0. The van der Waals surface area contributed by atoms with Crippen LogP contribution < -0.4 is 5.32 Å². The van der Waals surface area contributed by atoms with Crippen LogP contribution in [-0.4, -0.2) is 22.5 Å². The van der Waals surface area contributed by atoms with Gasteiger partial charge in [-0.2, -0.15) is 0 Å². The number of hydrogen-bond donors (Lipinski definition) is 2. The summed E-state index contributed by atoms with van der Waals surface area (Å²) in [6, 6.07) is 15.6. The predicted octanol–water partition coefficient (Wildman–Crippen LogP) is 3.97. The van der Waals surface area contributed by atoms with E-state index >= 15 is 0 Å². The van der Waals surface area contributed by atoms with Crippen LogP contribution in [0.3, 0.4) is 0 Å². The van der Waals surface area contributed by atoms with E-state index in [-0.39, 0.29) is 12.5 Å². The molecule has 0 fully saturated rings. The van der Waals surface area contributed by atoms with Crippen LogP contribution in [0.15, 0.2) is 53.9 Å². The molecule has 2 heterocycles. The highest BCUT2D eigenvalue weighted by Gasteiger charge is 2.16. The quantitative estimate of drug-likeness (QED) is 0.583. The van der Waals surface area contributed by atoms with Gasteiger partial charge >= 0.3 is 0 Å². The third-order valence-corrected chi connectivity index (χ3v) is 5.83. The summed E-state index contributed by atoms with van der Waals surface area (Å²) in [5.74, 6) is -0.255. The molecule has 0 bridgehead atoms. The van der Waals surface area contributed by atoms with Crippen LogP contribution in [-0.2, 0) is 0 Å². The number of aliphatic hydroxyl groups is 1. The number of benzene rings is 2. The maximum atomic E-state index is 12.3. The van der Waals surface area contributed by atoms with Crippen molar-refractivity contribution in [2.75, 3.05) is 6.54 Å². The number of para-hydroxylation sites is 1. The topological polar surface area (TPSA) is 62.2 Å². The van der Waals surface area contributed by atoms with Crippen LogP contribution in [0.5, 0.6) is 0 Å². The fraction of sp³-hybridized carbons (Fsp3) is 0.111. The number of rotatable bonds is 4. The minimum absolute atomic E-state index is 0.162. The summed E-state index contributed by atoms with van der Waals surface area (Å²) in [5.41, 5.74) is 1.66. The average Bonchev–Trinajstić information content (AvgIpc) is 3.23. The van der Waals surface area contributed by atoms with Crippen molar-refractivity contribution < 1.29 is 9.90 Å². The standard InChI is InChI=1S/C18H14N2O2S2/c21-14(12-10-23-15-7-3-1-5-11(12)15)9-19-17(22)18-20-13-6-2-4-8-16(13)24-18/h1-8,10,14,21H,9H2,(H,19,22)/t14-/m0/s1. The Morgan fingerprint density at radius 2 is 1.88 bits per heavy atom. The first kappa shape index (κ1) is 15.3. The Labute approximate surface area is 146 Å². The minimum Gasteiger partial charge on any atom is -0.387 e. The zero-order valence-electron chi connectivity index (χ0n) is 12.6. The maximum absolute atomic E-state index is 12.3. The Hall–Kier alpha value is -2.28. The zero-order chi connectivity index (χ0) is 16.5. The van der Waals surface area contributed by atoms with Crippen molar-refractivity contribution in [2.24, 2.45) is 0 Å². The van der Waals surface area contributed by atoms with Crippen molar-refractivity contribution in [2.45, 2.75) is 6.10 Å². The molecule has 0 unspecified atom stereocenters. The van der Waals surface area contributed by atoms with E-state index in [2.05, 4.69) is 10.3 Å². The van der Waals surface area contributed by atoms with E-state index in [4.69, 9.17) is 0 Å². The van der Waals surface area contributed by atoms with Crippen LogP contribution >= 0.6 is 22.7 Å². The van der Waals surface area contributed by atoms with E-state index in [9.17, 15) is 9.90 Å².